The lowest BCUT2D eigenvalue weighted by Gasteiger charge is -2.13. The number of rotatable bonds is 8. The zero-order valence-corrected chi connectivity index (χ0v) is 19.2. The number of aromatic nitrogens is 2. The van der Waals surface area contributed by atoms with Crippen LogP contribution in [-0.4, -0.2) is 38.8 Å². The number of hydrogen-bond donors (Lipinski definition) is 2. The Hall–Kier alpha value is -4.41. The number of carbonyl (C=O) groups excluding carboxylic acids is 2. The average molecular weight is 467 g/mol. The molecule has 178 valence electrons. The van der Waals surface area contributed by atoms with E-state index in [0.717, 1.165) is 6.07 Å². The molecule has 0 aliphatic carbocycles. The molecule has 0 bridgehead atoms. The minimum absolute atomic E-state index is 0.0601. The maximum atomic E-state index is 12.9. The highest BCUT2D eigenvalue weighted by atomic mass is 16.6. The molecule has 2 aromatic carbocycles. The quantitative estimate of drug-likeness (QED) is 0.295. The van der Waals surface area contributed by atoms with E-state index in [9.17, 15) is 24.5 Å². The van der Waals surface area contributed by atoms with Gasteiger partial charge >= 0.3 is 5.97 Å². The highest BCUT2D eigenvalue weighted by Gasteiger charge is 2.25. The number of amides is 1. The minimum atomic E-state index is -1.26. The number of esters is 1. The van der Waals surface area contributed by atoms with Gasteiger partial charge in [-0.25, -0.2) is 9.48 Å². The molecular weight excluding hydrogens is 442 g/mol. The van der Waals surface area contributed by atoms with Gasteiger partial charge in [-0.05, 0) is 45.0 Å². The van der Waals surface area contributed by atoms with Crippen LogP contribution in [0.25, 0.3) is 5.69 Å². The van der Waals surface area contributed by atoms with E-state index < -0.39 is 28.5 Å². The maximum Gasteiger partial charge on any atom is 0.339 e. The Labute approximate surface area is 195 Å². The van der Waals surface area contributed by atoms with Crippen molar-refractivity contribution in [2.24, 2.45) is 7.05 Å². The number of para-hydroxylation sites is 1. The van der Waals surface area contributed by atoms with Gasteiger partial charge in [-0.2, -0.15) is 0 Å². The first kappa shape index (κ1) is 24.2. The van der Waals surface area contributed by atoms with Crippen molar-refractivity contribution >= 4 is 28.9 Å². The third-order valence-corrected chi connectivity index (χ3v) is 5.25. The topological polar surface area (TPSA) is 138 Å². The van der Waals surface area contributed by atoms with Crippen molar-refractivity contribution in [3.63, 3.8) is 0 Å². The predicted molar refractivity (Wildman–Crippen MR) is 127 cm³/mol. The summed E-state index contributed by atoms with van der Waals surface area (Å²) in [5, 5.41) is 16.7. The Kier molecular flexibility index (Phi) is 7.15. The van der Waals surface area contributed by atoms with Crippen molar-refractivity contribution in [3.05, 3.63) is 80.3 Å². The first-order chi connectivity index (χ1) is 16.1. The van der Waals surface area contributed by atoms with Crippen molar-refractivity contribution < 1.29 is 19.2 Å². The molecule has 0 aliphatic rings. The molecule has 0 saturated heterocycles. The van der Waals surface area contributed by atoms with Gasteiger partial charge in [0.1, 0.15) is 11.4 Å². The van der Waals surface area contributed by atoms with Crippen LogP contribution in [0.1, 0.15) is 29.9 Å². The standard InChI is InChI=1S/C23H25N5O6/c1-5-24-18-12-11-16(13-19(18)28(32)33)23(31)34-15(3)21(29)25-20-14(2)26(4)27(22(20)30)17-9-7-6-8-10-17/h6-13,15,24H,5H2,1-4H3,(H,25,29). The molecule has 0 radical (unpaired) electrons. The molecule has 11 heteroatoms. The van der Waals surface area contributed by atoms with Gasteiger partial charge in [0.05, 0.1) is 21.9 Å². The van der Waals surface area contributed by atoms with Crippen LogP contribution >= 0.6 is 0 Å². The first-order valence-corrected chi connectivity index (χ1v) is 10.5. The van der Waals surface area contributed by atoms with Crippen molar-refractivity contribution in [2.45, 2.75) is 26.9 Å². The predicted octanol–water partition coefficient (Wildman–Crippen LogP) is 3.01. The zero-order valence-electron chi connectivity index (χ0n) is 19.2. The van der Waals surface area contributed by atoms with Gasteiger partial charge in [0.2, 0.25) is 0 Å². The summed E-state index contributed by atoms with van der Waals surface area (Å²) in [6.45, 7) is 5.28. The second kappa shape index (κ2) is 10.0. The van der Waals surface area contributed by atoms with Gasteiger partial charge in [-0.3, -0.25) is 24.4 Å². The molecule has 1 aromatic heterocycles. The molecule has 3 rings (SSSR count). The number of hydrogen-bond acceptors (Lipinski definition) is 7. The van der Waals surface area contributed by atoms with Gasteiger partial charge in [0.25, 0.3) is 17.2 Å². The number of carbonyl (C=O) groups is 2. The number of nitro groups is 1. The minimum Gasteiger partial charge on any atom is -0.449 e. The summed E-state index contributed by atoms with van der Waals surface area (Å²) in [4.78, 5) is 48.9. The number of nitro benzene ring substituents is 1. The highest BCUT2D eigenvalue weighted by Crippen LogP contribution is 2.26. The molecular formula is C23H25N5O6. The van der Waals surface area contributed by atoms with Crippen molar-refractivity contribution in [2.75, 3.05) is 17.2 Å². The number of anilines is 2. The van der Waals surface area contributed by atoms with E-state index in [2.05, 4.69) is 10.6 Å². The van der Waals surface area contributed by atoms with E-state index in [1.165, 1.54) is 23.7 Å². The van der Waals surface area contributed by atoms with Crippen LogP contribution in [0.5, 0.6) is 0 Å². The van der Waals surface area contributed by atoms with E-state index in [4.69, 9.17) is 4.74 Å². The molecule has 11 nitrogen and oxygen atoms in total. The lowest BCUT2D eigenvalue weighted by Crippen LogP contribution is -2.32. The summed E-state index contributed by atoms with van der Waals surface area (Å²) >= 11 is 0. The Morgan fingerprint density at radius 3 is 2.47 bits per heavy atom. The average Bonchev–Trinajstić information content (AvgIpc) is 3.02. The Balaban J connectivity index is 1.77. The molecule has 0 aliphatic heterocycles. The molecule has 1 atom stereocenters. The third kappa shape index (κ3) is 4.82. The highest BCUT2D eigenvalue weighted by molar-refractivity contribution is 5.98. The van der Waals surface area contributed by atoms with E-state index in [1.54, 1.807) is 49.8 Å². The van der Waals surface area contributed by atoms with E-state index in [-0.39, 0.29) is 22.6 Å². The fourth-order valence-electron chi connectivity index (χ4n) is 3.37. The van der Waals surface area contributed by atoms with E-state index >= 15 is 0 Å². The third-order valence-electron chi connectivity index (χ3n) is 5.25. The zero-order chi connectivity index (χ0) is 25.0. The van der Waals surface area contributed by atoms with Crippen LogP contribution in [0.2, 0.25) is 0 Å². The fraction of sp³-hybridized carbons (Fsp3) is 0.261. The summed E-state index contributed by atoms with van der Waals surface area (Å²) in [5.41, 5.74) is 0.669. The van der Waals surface area contributed by atoms with Crippen LogP contribution in [-0.2, 0) is 16.6 Å². The van der Waals surface area contributed by atoms with E-state index in [0.29, 0.717) is 17.9 Å². The molecule has 2 N–H and O–H groups in total. The molecule has 34 heavy (non-hydrogen) atoms. The summed E-state index contributed by atoms with van der Waals surface area (Å²) in [5.74, 6) is -1.61. The fourth-order valence-corrected chi connectivity index (χ4v) is 3.37. The van der Waals surface area contributed by atoms with Gasteiger partial charge in [0.15, 0.2) is 6.10 Å². The molecule has 0 spiro atoms. The number of benzene rings is 2. The van der Waals surface area contributed by atoms with Crippen LogP contribution in [0.3, 0.4) is 0 Å². The number of ether oxygens (including phenoxy) is 1. The maximum absolute atomic E-state index is 12.9. The second-order valence-corrected chi connectivity index (χ2v) is 7.49. The monoisotopic (exact) mass is 467 g/mol. The Bertz CT molecular complexity index is 1300. The van der Waals surface area contributed by atoms with Gasteiger partial charge in [-0.1, -0.05) is 18.2 Å². The lowest BCUT2D eigenvalue weighted by molar-refractivity contribution is -0.384. The second-order valence-electron chi connectivity index (χ2n) is 7.49. The van der Waals surface area contributed by atoms with E-state index in [1.807, 2.05) is 6.07 Å². The smallest absolute Gasteiger partial charge is 0.339 e. The van der Waals surface area contributed by atoms with Crippen LogP contribution < -0.4 is 16.2 Å². The van der Waals surface area contributed by atoms with Crippen molar-refractivity contribution in [1.29, 1.82) is 0 Å². The van der Waals surface area contributed by atoms with Crippen molar-refractivity contribution in [3.8, 4) is 5.69 Å². The normalized spacial score (nSPS) is 11.5. The Morgan fingerprint density at radius 1 is 1.18 bits per heavy atom. The van der Waals surface area contributed by atoms with Gasteiger partial charge in [0, 0.05) is 19.7 Å². The van der Waals surface area contributed by atoms with Gasteiger partial charge < -0.3 is 15.4 Å². The largest absolute Gasteiger partial charge is 0.449 e. The molecule has 1 unspecified atom stereocenters. The van der Waals surface area contributed by atoms with Crippen LogP contribution in [0, 0.1) is 17.0 Å². The summed E-state index contributed by atoms with van der Waals surface area (Å²) < 4.78 is 8.21. The molecule has 3 aromatic rings. The molecule has 0 saturated carbocycles. The number of nitrogens with zero attached hydrogens (tertiary/aromatic N) is 3. The summed E-state index contributed by atoms with van der Waals surface area (Å²) in [6, 6.07) is 12.8. The molecule has 0 fully saturated rings. The lowest BCUT2D eigenvalue weighted by atomic mass is 10.1. The van der Waals surface area contributed by atoms with Gasteiger partial charge in [-0.15, -0.1) is 0 Å². The molecule has 1 heterocycles. The van der Waals surface area contributed by atoms with Crippen LogP contribution in [0.4, 0.5) is 17.1 Å². The van der Waals surface area contributed by atoms with Crippen molar-refractivity contribution in [1.82, 2.24) is 9.36 Å². The SMILES string of the molecule is CCNc1ccc(C(=O)OC(C)C(=O)Nc2c(C)n(C)n(-c3ccccc3)c2=O)cc1[N+](=O)[O-]. The summed E-state index contributed by atoms with van der Waals surface area (Å²) in [7, 11) is 1.69. The van der Waals surface area contributed by atoms with Crippen LogP contribution in [0.15, 0.2) is 53.3 Å². The summed E-state index contributed by atoms with van der Waals surface area (Å²) in [6.07, 6.45) is -1.26. The Morgan fingerprint density at radius 2 is 1.85 bits per heavy atom. The molecule has 1 amide bonds. The number of nitrogens with one attached hydrogen (secondary N) is 2. The first-order valence-electron chi connectivity index (χ1n) is 10.5.